The van der Waals surface area contributed by atoms with Crippen molar-refractivity contribution in [1.82, 2.24) is 9.80 Å². The zero-order chi connectivity index (χ0) is 27.2. The third-order valence-corrected chi connectivity index (χ3v) is 12.4. The summed E-state index contributed by atoms with van der Waals surface area (Å²) in [6, 6.07) is 27.5. The Hall–Kier alpha value is -2.82. The van der Waals surface area contributed by atoms with Crippen LogP contribution in [0.4, 0.5) is 0 Å². The van der Waals surface area contributed by atoms with Crippen LogP contribution in [0, 0.1) is 23.2 Å². The molecular formula is C37H42N2O2. The van der Waals surface area contributed by atoms with Crippen molar-refractivity contribution in [1.29, 1.82) is 0 Å². The number of para-hydroxylation sites is 1. The van der Waals surface area contributed by atoms with E-state index in [0.29, 0.717) is 23.4 Å². The summed E-state index contributed by atoms with van der Waals surface area (Å²) in [7, 11) is 1.82. The number of likely N-dealkylation sites (tertiary alicyclic amines) is 2. The molecule has 4 heteroatoms. The first kappa shape index (κ1) is 24.7. The maximum Gasteiger partial charge on any atom is 0.173 e. The second-order valence-corrected chi connectivity index (χ2v) is 14.1. The molecule has 5 fully saturated rings. The Morgan fingerprint density at radius 2 is 1.68 bits per heavy atom. The van der Waals surface area contributed by atoms with Gasteiger partial charge in [0, 0.05) is 42.7 Å². The normalized spacial score (nSPS) is 35.1. The Morgan fingerprint density at radius 1 is 0.878 bits per heavy atom. The molecule has 212 valence electrons. The fourth-order valence-corrected chi connectivity index (χ4v) is 11.0. The molecule has 2 saturated heterocycles. The van der Waals surface area contributed by atoms with Crippen LogP contribution in [0.3, 0.4) is 0 Å². The van der Waals surface area contributed by atoms with Crippen LogP contribution in [0.1, 0.15) is 55.2 Å². The summed E-state index contributed by atoms with van der Waals surface area (Å²) in [5.41, 5.74) is 5.02. The number of hydrogen-bond donors (Lipinski definition) is 0. The van der Waals surface area contributed by atoms with Crippen molar-refractivity contribution < 1.29 is 9.47 Å². The monoisotopic (exact) mass is 546 g/mol. The van der Waals surface area contributed by atoms with Crippen LogP contribution in [0.5, 0.6) is 17.2 Å². The highest BCUT2D eigenvalue weighted by Crippen LogP contribution is 2.77. The molecular weight excluding hydrogens is 504 g/mol. The summed E-state index contributed by atoms with van der Waals surface area (Å²) in [4.78, 5) is 5.85. The molecule has 2 heterocycles. The Bertz CT molecular complexity index is 1450. The number of ether oxygens (including phenoxy) is 2. The number of fused-ring (bicyclic) bond motifs is 1. The van der Waals surface area contributed by atoms with E-state index < -0.39 is 0 Å². The minimum Gasteiger partial charge on any atom is -0.493 e. The van der Waals surface area contributed by atoms with Gasteiger partial charge in [0.05, 0.1) is 7.11 Å². The molecule has 3 aromatic rings. The fourth-order valence-electron chi connectivity index (χ4n) is 11.0. The van der Waals surface area contributed by atoms with E-state index in [1.807, 2.05) is 7.11 Å². The summed E-state index contributed by atoms with van der Waals surface area (Å²) in [5, 5.41) is 0. The van der Waals surface area contributed by atoms with Crippen molar-refractivity contribution in [3.63, 3.8) is 0 Å². The molecule has 4 bridgehead atoms. The van der Waals surface area contributed by atoms with Crippen molar-refractivity contribution >= 4 is 0 Å². The molecule has 4 unspecified atom stereocenters. The second-order valence-electron chi connectivity index (χ2n) is 14.1. The molecule has 0 aromatic heterocycles. The molecule has 6 atom stereocenters. The molecule has 41 heavy (non-hydrogen) atoms. The molecule has 0 radical (unpaired) electrons. The van der Waals surface area contributed by atoms with Crippen LogP contribution in [-0.4, -0.2) is 48.6 Å². The first-order valence-electron chi connectivity index (χ1n) is 16.2. The highest BCUT2D eigenvalue weighted by molar-refractivity contribution is 5.61. The molecule has 9 rings (SSSR count). The second kappa shape index (κ2) is 9.09. The van der Waals surface area contributed by atoms with Crippen molar-refractivity contribution in [2.24, 2.45) is 23.2 Å². The van der Waals surface area contributed by atoms with Crippen molar-refractivity contribution in [2.75, 3.05) is 26.7 Å². The van der Waals surface area contributed by atoms with Gasteiger partial charge in [0.15, 0.2) is 11.5 Å². The molecule has 2 aliphatic heterocycles. The van der Waals surface area contributed by atoms with E-state index >= 15 is 0 Å². The summed E-state index contributed by atoms with van der Waals surface area (Å²) < 4.78 is 13.0. The first-order valence-corrected chi connectivity index (χ1v) is 16.2. The van der Waals surface area contributed by atoms with Gasteiger partial charge in [-0.25, -0.2) is 0 Å². The van der Waals surface area contributed by atoms with Crippen LogP contribution in [0.15, 0.2) is 72.8 Å². The topological polar surface area (TPSA) is 24.9 Å². The van der Waals surface area contributed by atoms with Gasteiger partial charge < -0.3 is 9.47 Å². The number of nitrogens with zero attached hydrogens (tertiary/aromatic N) is 2. The predicted molar refractivity (Wildman–Crippen MR) is 161 cm³/mol. The van der Waals surface area contributed by atoms with Gasteiger partial charge in [0.25, 0.3) is 0 Å². The van der Waals surface area contributed by atoms with E-state index in [1.165, 1.54) is 74.8 Å². The number of piperidine rings is 1. The smallest absolute Gasteiger partial charge is 0.173 e. The summed E-state index contributed by atoms with van der Waals surface area (Å²) in [5.74, 6) is 5.21. The Kier molecular flexibility index (Phi) is 5.49. The minimum absolute atomic E-state index is 0.156. The van der Waals surface area contributed by atoms with Crippen LogP contribution in [0.2, 0.25) is 0 Å². The number of hydrogen-bond acceptors (Lipinski definition) is 4. The SMILES string of the molecule is COc1ccc2c(c1Oc1ccccc1)C13CCN(CC4CC4)[C@H](C2)C12CCC1C3[C@@H](CN1Cc1ccccc1)C2. The van der Waals surface area contributed by atoms with Gasteiger partial charge in [-0.1, -0.05) is 54.6 Å². The quantitative estimate of drug-likeness (QED) is 0.317. The van der Waals surface area contributed by atoms with E-state index in [1.54, 1.807) is 0 Å². The van der Waals surface area contributed by atoms with Crippen LogP contribution in [0.25, 0.3) is 0 Å². The van der Waals surface area contributed by atoms with E-state index in [2.05, 4.69) is 82.6 Å². The van der Waals surface area contributed by atoms with Gasteiger partial charge >= 0.3 is 0 Å². The van der Waals surface area contributed by atoms with Gasteiger partial charge in [-0.2, -0.15) is 0 Å². The average molecular weight is 547 g/mol. The number of rotatable bonds is 7. The molecule has 0 amide bonds. The summed E-state index contributed by atoms with van der Waals surface area (Å²) in [6.07, 6.45) is 9.38. The van der Waals surface area contributed by atoms with Gasteiger partial charge in [-0.3, -0.25) is 9.80 Å². The van der Waals surface area contributed by atoms with Crippen LogP contribution >= 0.6 is 0 Å². The van der Waals surface area contributed by atoms with Gasteiger partial charge in [0.2, 0.25) is 0 Å². The van der Waals surface area contributed by atoms with Crippen molar-refractivity contribution in [3.8, 4) is 17.2 Å². The predicted octanol–water partition coefficient (Wildman–Crippen LogP) is 7.07. The third kappa shape index (κ3) is 3.47. The highest BCUT2D eigenvalue weighted by Gasteiger charge is 2.76. The van der Waals surface area contributed by atoms with Crippen LogP contribution < -0.4 is 9.47 Å². The van der Waals surface area contributed by atoms with E-state index in [4.69, 9.17) is 9.47 Å². The van der Waals surface area contributed by atoms with E-state index in [0.717, 1.165) is 42.0 Å². The lowest BCUT2D eigenvalue weighted by molar-refractivity contribution is -0.106. The van der Waals surface area contributed by atoms with E-state index in [-0.39, 0.29) is 5.41 Å². The zero-order valence-electron chi connectivity index (χ0n) is 24.3. The molecule has 6 aliphatic rings. The third-order valence-electron chi connectivity index (χ3n) is 12.4. The highest BCUT2D eigenvalue weighted by atomic mass is 16.5. The lowest BCUT2D eigenvalue weighted by Gasteiger charge is -2.66. The first-order chi connectivity index (χ1) is 20.2. The van der Waals surface area contributed by atoms with Crippen molar-refractivity contribution in [2.45, 2.75) is 69.0 Å². The largest absolute Gasteiger partial charge is 0.493 e. The standard InChI is InChI=1S/C37H42N2O2/c1-40-31-15-14-27-20-32-36-17-16-30-33(28(21-36)24-39(30)23-25-8-4-2-5-9-25)37(36,18-19-38(32)22-26-12-13-26)34(27)35(31)41-29-10-6-3-7-11-29/h2-11,14-15,26,28,30,32-33H,12-13,16-24H2,1H3/t28-,30?,32-,33?,36?,37?/m1/s1. The Labute approximate surface area is 244 Å². The number of benzene rings is 3. The molecule has 0 N–H and O–H groups in total. The van der Waals surface area contributed by atoms with E-state index in [9.17, 15) is 0 Å². The molecule has 0 spiro atoms. The average Bonchev–Trinajstić information content (AvgIpc) is 3.71. The van der Waals surface area contributed by atoms with Gasteiger partial charge in [0.1, 0.15) is 5.75 Å². The van der Waals surface area contributed by atoms with Crippen molar-refractivity contribution in [3.05, 3.63) is 89.5 Å². The number of methoxy groups -OCH3 is 1. The Balaban J connectivity index is 1.20. The van der Waals surface area contributed by atoms with Gasteiger partial charge in [-0.15, -0.1) is 0 Å². The maximum absolute atomic E-state index is 6.92. The molecule has 4 nitrogen and oxygen atoms in total. The van der Waals surface area contributed by atoms with Crippen LogP contribution in [-0.2, 0) is 18.4 Å². The minimum atomic E-state index is 0.156. The lowest BCUT2D eigenvalue weighted by atomic mass is 9.43. The molecule has 3 aromatic carbocycles. The maximum atomic E-state index is 6.92. The Morgan fingerprint density at radius 3 is 2.46 bits per heavy atom. The molecule has 3 saturated carbocycles. The zero-order valence-corrected chi connectivity index (χ0v) is 24.3. The fraction of sp³-hybridized carbons (Fsp3) is 0.514. The lowest BCUT2D eigenvalue weighted by Crippen LogP contribution is -2.69. The van der Waals surface area contributed by atoms with Gasteiger partial charge in [-0.05, 0) is 104 Å². The molecule has 4 aliphatic carbocycles. The summed E-state index contributed by atoms with van der Waals surface area (Å²) >= 11 is 0. The summed E-state index contributed by atoms with van der Waals surface area (Å²) in [6.45, 7) is 4.88.